The zero-order valence-electron chi connectivity index (χ0n) is 10.9. The molecule has 1 saturated heterocycles. The second kappa shape index (κ2) is 5.32. The molecule has 0 aliphatic carbocycles. The molecule has 0 aromatic carbocycles. The number of amides is 1. The van der Waals surface area contributed by atoms with E-state index in [1.54, 1.807) is 17.0 Å². The van der Waals surface area contributed by atoms with E-state index in [-0.39, 0.29) is 11.7 Å². The summed E-state index contributed by atoms with van der Waals surface area (Å²) in [5.74, 6) is 0.0795. The molecule has 106 valence electrons. The Morgan fingerprint density at radius 3 is 2.37 bits per heavy atom. The average molecular weight is 287 g/mol. The summed E-state index contributed by atoms with van der Waals surface area (Å²) in [6, 6.07) is 3.26. The molecule has 1 aliphatic rings. The molecule has 2 rings (SSSR count). The first-order chi connectivity index (χ1) is 8.93. The maximum Gasteiger partial charge on any atom is 0.289 e. The van der Waals surface area contributed by atoms with Gasteiger partial charge in [-0.3, -0.25) is 4.79 Å². The van der Waals surface area contributed by atoms with Gasteiger partial charge in [-0.05, 0) is 12.1 Å². The summed E-state index contributed by atoms with van der Waals surface area (Å²) in [7, 11) is -0.406. The molecule has 0 N–H and O–H groups in total. The third kappa shape index (κ3) is 2.80. The maximum absolute atomic E-state index is 12.0. The molecule has 0 spiro atoms. The Morgan fingerprint density at radius 1 is 1.26 bits per heavy atom. The van der Waals surface area contributed by atoms with Gasteiger partial charge in [0.15, 0.2) is 5.76 Å². The van der Waals surface area contributed by atoms with Gasteiger partial charge in [-0.25, -0.2) is 0 Å². The SMILES string of the molecule is CN(C)S(=O)(=O)N1CCN(C(=O)c2ccco2)CC1. The normalized spacial score (nSPS) is 17.9. The van der Waals surface area contributed by atoms with Crippen LogP contribution in [0.3, 0.4) is 0 Å². The van der Waals surface area contributed by atoms with Crippen molar-refractivity contribution in [3.05, 3.63) is 24.2 Å². The van der Waals surface area contributed by atoms with E-state index in [9.17, 15) is 13.2 Å². The second-order valence-electron chi connectivity index (χ2n) is 4.46. The molecular weight excluding hydrogens is 270 g/mol. The molecule has 8 heteroatoms. The lowest BCUT2D eigenvalue weighted by Gasteiger charge is -2.34. The van der Waals surface area contributed by atoms with Crippen LogP contribution in [-0.2, 0) is 10.2 Å². The van der Waals surface area contributed by atoms with Gasteiger partial charge in [0, 0.05) is 40.3 Å². The number of carbonyl (C=O) groups is 1. The van der Waals surface area contributed by atoms with E-state index in [1.807, 2.05) is 0 Å². The number of piperazine rings is 1. The standard InChI is InChI=1S/C11H17N3O4S/c1-12(2)19(16,17)14-7-5-13(6-8-14)11(15)10-4-3-9-18-10/h3-4,9H,5-8H2,1-2H3. The lowest BCUT2D eigenvalue weighted by atomic mass is 10.3. The van der Waals surface area contributed by atoms with Crippen molar-refractivity contribution in [2.45, 2.75) is 0 Å². The fourth-order valence-electron chi connectivity index (χ4n) is 1.91. The summed E-state index contributed by atoms with van der Waals surface area (Å²) in [5, 5.41) is 0. The highest BCUT2D eigenvalue weighted by atomic mass is 32.2. The molecule has 1 fully saturated rings. The Kier molecular flexibility index (Phi) is 3.93. The molecule has 0 atom stereocenters. The number of carbonyl (C=O) groups excluding carboxylic acids is 1. The van der Waals surface area contributed by atoms with Crippen LogP contribution in [0.15, 0.2) is 22.8 Å². The van der Waals surface area contributed by atoms with Crippen LogP contribution in [-0.4, -0.2) is 68.1 Å². The predicted octanol–water partition coefficient (Wildman–Crippen LogP) is -0.156. The Bertz CT molecular complexity index is 530. The minimum atomic E-state index is -3.40. The molecule has 19 heavy (non-hydrogen) atoms. The highest BCUT2D eigenvalue weighted by Crippen LogP contribution is 2.12. The third-order valence-corrected chi connectivity index (χ3v) is 4.99. The van der Waals surface area contributed by atoms with Gasteiger partial charge in [0.2, 0.25) is 0 Å². The van der Waals surface area contributed by atoms with Crippen LogP contribution in [0.25, 0.3) is 0 Å². The van der Waals surface area contributed by atoms with Crippen LogP contribution < -0.4 is 0 Å². The van der Waals surface area contributed by atoms with Gasteiger partial charge in [-0.2, -0.15) is 17.0 Å². The molecule has 2 heterocycles. The van der Waals surface area contributed by atoms with E-state index < -0.39 is 10.2 Å². The molecular formula is C11H17N3O4S. The predicted molar refractivity (Wildman–Crippen MR) is 68.8 cm³/mol. The summed E-state index contributed by atoms with van der Waals surface area (Å²) in [6.07, 6.45) is 1.44. The summed E-state index contributed by atoms with van der Waals surface area (Å²) < 4.78 is 31.4. The number of hydrogen-bond acceptors (Lipinski definition) is 4. The van der Waals surface area contributed by atoms with Crippen molar-refractivity contribution in [1.82, 2.24) is 13.5 Å². The first-order valence-electron chi connectivity index (χ1n) is 5.93. The molecule has 0 bridgehead atoms. The van der Waals surface area contributed by atoms with Crippen LogP contribution in [0.4, 0.5) is 0 Å². The maximum atomic E-state index is 12.0. The van der Waals surface area contributed by atoms with Crippen LogP contribution >= 0.6 is 0 Å². The number of rotatable bonds is 3. The zero-order valence-corrected chi connectivity index (χ0v) is 11.8. The fourth-order valence-corrected chi connectivity index (χ4v) is 3.00. The van der Waals surface area contributed by atoms with Gasteiger partial charge in [-0.15, -0.1) is 0 Å². The van der Waals surface area contributed by atoms with E-state index >= 15 is 0 Å². The van der Waals surface area contributed by atoms with E-state index in [0.717, 1.165) is 0 Å². The van der Waals surface area contributed by atoms with E-state index in [4.69, 9.17) is 4.42 Å². The molecule has 1 amide bonds. The minimum absolute atomic E-state index is 0.202. The van der Waals surface area contributed by atoms with Gasteiger partial charge in [0.05, 0.1) is 6.26 Å². The van der Waals surface area contributed by atoms with Crippen molar-refractivity contribution >= 4 is 16.1 Å². The van der Waals surface area contributed by atoms with Crippen molar-refractivity contribution in [1.29, 1.82) is 0 Å². The number of furan rings is 1. The van der Waals surface area contributed by atoms with Crippen molar-refractivity contribution in [3.63, 3.8) is 0 Å². The first-order valence-corrected chi connectivity index (χ1v) is 7.33. The number of hydrogen-bond donors (Lipinski definition) is 0. The minimum Gasteiger partial charge on any atom is -0.459 e. The highest BCUT2D eigenvalue weighted by Gasteiger charge is 2.31. The third-order valence-electron chi connectivity index (χ3n) is 3.05. The smallest absolute Gasteiger partial charge is 0.289 e. The summed E-state index contributed by atoms with van der Waals surface area (Å²) in [5.41, 5.74) is 0. The summed E-state index contributed by atoms with van der Waals surface area (Å²) in [4.78, 5) is 13.6. The van der Waals surface area contributed by atoms with Crippen LogP contribution in [0.2, 0.25) is 0 Å². The lowest BCUT2D eigenvalue weighted by Crippen LogP contribution is -2.53. The highest BCUT2D eigenvalue weighted by molar-refractivity contribution is 7.86. The monoisotopic (exact) mass is 287 g/mol. The fraction of sp³-hybridized carbons (Fsp3) is 0.545. The topological polar surface area (TPSA) is 74.1 Å². The molecule has 1 aliphatic heterocycles. The Labute approximate surface area is 112 Å². The van der Waals surface area contributed by atoms with Crippen LogP contribution in [0.1, 0.15) is 10.6 Å². The van der Waals surface area contributed by atoms with Crippen LogP contribution in [0.5, 0.6) is 0 Å². The first kappa shape index (κ1) is 14.0. The van der Waals surface area contributed by atoms with E-state index in [0.29, 0.717) is 26.2 Å². The molecule has 0 saturated carbocycles. The average Bonchev–Trinajstić information content (AvgIpc) is 2.91. The molecule has 1 aromatic heterocycles. The Hall–Kier alpha value is -1.38. The van der Waals surface area contributed by atoms with Crippen LogP contribution in [0, 0.1) is 0 Å². The number of nitrogens with zero attached hydrogens (tertiary/aromatic N) is 3. The van der Waals surface area contributed by atoms with E-state index in [1.165, 1.54) is 29.0 Å². The van der Waals surface area contributed by atoms with E-state index in [2.05, 4.69) is 0 Å². The van der Waals surface area contributed by atoms with Gasteiger partial charge >= 0.3 is 0 Å². The zero-order chi connectivity index (χ0) is 14.0. The second-order valence-corrected chi connectivity index (χ2v) is 6.60. The Morgan fingerprint density at radius 2 is 1.89 bits per heavy atom. The van der Waals surface area contributed by atoms with Gasteiger partial charge < -0.3 is 9.32 Å². The largest absolute Gasteiger partial charge is 0.459 e. The molecule has 0 unspecified atom stereocenters. The quantitative estimate of drug-likeness (QED) is 0.774. The summed E-state index contributed by atoms with van der Waals surface area (Å²) >= 11 is 0. The summed E-state index contributed by atoms with van der Waals surface area (Å²) in [6.45, 7) is 1.33. The van der Waals surface area contributed by atoms with Gasteiger partial charge in [-0.1, -0.05) is 0 Å². The van der Waals surface area contributed by atoms with Gasteiger partial charge in [0.25, 0.3) is 16.1 Å². The molecule has 1 aromatic rings. The Balaban J connectivity index is 1.98. The lowest BCUT2D eigenvalue weighted by molar-refractivity contribution is 0.0663. The van der Waals surface area contributed by atoms with Gasteiger partial charge in [0.1, 0.15) is 0 Å². The molecule has 7 nitrogen and oxygen atoms in total. The van der Waals surface area contributed by atoms with Crippen molar-refractivity contribution in [3.8, 4) is 0 Å². The van der Waals surface area contributed by atoms with Crippen molar-refractivity contribution in [2.24, 2.45) is 0 Å². The van der Waals surface area contributed by atoms with Crippen molar-refractivity contribution in [2.75, 3.05) is 40.3 Å². The molecule has 0 radical (unpaired) electrons. The van der Waals surface area contributed by atoms with Crippen molar-refractivity contribution < 1.29 is 17.6 Å².